The molecule has 1 aromatic heterocycles. The molecule has 0 radical (unpaired) electrons. The lowest BCUT2D eigenvalue weighted by Crippen LogP contribution is -2.43. The second-order valence-electron chi connectivity index (χ2n) is 4.07. The first-order valence-electron chi connectivity index (χ1n) is 5.73. The van der Waals surface area contributed by atoms with E-state index in [1.807, 2.05) is 12.1 Å². The van der Waals surface area contributed by atoms with Crippen molar-refractivity contribution in [2.45, 2.75) is 25.8 Å². The topological polar surface area (TPSA) is 34.4 Å². The van der Waals surface area contributed by atoms with Crippen molar-refractivity contribution in [3.05, 3.63) is 24.2 Å². The van der Waals surface area contributed by atoms with Crippen LogP contribution in [-0.4, -0.2) is 25.8 Å². The zero-order valence-electron chi connectivity index (χ0n) is 9.24. The maximum Gasteiger partial charge on any atom is 0.104 e. The monoisotopic (exact) mass is 209 g/mol. The molecular weight excluding hydrogens is 190 g/mol. The van der Waals surface area contributed by atoms with Crippen molar-refractivity contribution in [3.63, 3.8) is 0 Å². The van der Waals surface area contributed by atoms with Gasteiger partial charge in [0.25, 0.3) is 0 Å². The molecule has 2 atom stereocenters. The van der Waals surface area contributed by atoms with E-state index < -0.39 is 0 Å². The van der Waals surface area contributed by atoms with Crippen LogP contribution in [0.3, 0.4) is 0 Å². The molecule has 84 valence electrons. The maximum absolute atomic E-state index is 5.53. The van der Waals surface area contributed by atoms with Crippen LogP contribution in [0.15, 0.2) is 22.8 Å². The van der Waals surface area contributed by atoms with E-state index in [-0.39, 0.29) is 0 Å². The van der Waals surface area contributed by atoms with E-state index >= 15 is 0 Å². The van der Waals surface area contributed by atoms with Gasteiger partial charge in [-0.05, 0) is 25.1 Å². The molecule has 0 aromatic carbocycles. The highest BCUT2D eigenvalue weighted by Gasteiger charge is 2.25. The standard InChI is InChI=1S/C12H19NO2/c1-2-13-12-5-7-14-9-10(12)8-11-4-3-6-15-11/h3-4,6,10,12-13H,2,5,7-9H2,1H3. The number of nitrogens with one attached hydrogen (secondary N) is 1. The molecule has 2 rings (SSSR count). The Balaban J connectivity index is 1.92. The third-order valence-corrected chi connectivity index (χ3v) is 2.98. The fourth-order valence-corrected chi connectivity index (χ4v) is 2.22. The van der Waals surface area contributed by atoms with Crippen LogP contribution < -0.4 is 5.32 Å². The average Bonchev–Trinajstić information content (AvgIpc) is 2.74. The van der Waals surface area contributed by atoms with Crippen molar-refractivity contribution in [2.75, 3.05) is 19.8 Å². The van der Waals surface area contributed by atoms with Gasteiger partial charge in [0.1, 0.15) is 5.76 Å². The van der Waals surface area contributed by atoms with E-state index in [4.69, 9.17) is 9.15 Å². The summed E-state index contributed by atoms with van der Waals surface area (Å²) in [5, 5.41) is 3.53. The molecular formula is C12H19NO2. The molecule has 2 unspecified atom stereocenters. The number of furan rings is 1. The highest BCUT2D eigenvalue weighted by Crippen LogP contribution is 2.19. The highest BCUT2D eigenvalue weighted by molar-refractivity contribution is 5.01. The Kier molecular flexibility index (Phi) is 3.80. The van der Waals surface area contributed by atoms with E-state index in [1.165, 1.54) is 0 Å². The molecule has 1 saturated heterocycles. The number of hydrogen-bond acceptors (Lipinski definition) is 3. The summed E-state index contributed by atoms with van der Waals surface area (Å²) in [6.45, 7) is 4.91. The molecule has 1 aromatic rings. The quantitative estimate of drug-likeness (QED) is 0.821. The third-order valence-electron chi connectivity index (χ3n) is 2.98. The third kappa shape index (κ3) is 2.83. The molecule has 2 heterocycles. The molecule has 1 N–H and O–H groups in total. The lowest BCUT2D eigenvalue weighted by Gasteiger charge is -2.31. The molecule has 15 heavy (non-hydrogen) atoms. The van der Waals surface area contributed by atoms with Crippen LogP contribution in [0.2, 0.25) is 0 Å². The fraction of sp³-hybridized carbons (Fsp3) is 0.667. The van der Waals surface area contributed by atoms with Crippen LogP contribution in [0.1, 0.15) is 19.1 Å². The van der Waals surface area contributed by atoms with Gasteiger partial charge in [0.2, 0.25) is 0 Å². The Hall–Kier alpha value is -0.800. The molecule has 1 aliphatic heterocycles. The zero-order chi connectivity index (χ0) is 10.5. The summed E-state index contributed by atoms with van der Waals surface area (Å²) < 4.78 is 10.9. The van der Waals surface area contributed by atoms with Gasteiger partial charge >= 0.3 is 0 Å². The van der Waals surface area contributed by atoms with Crippen molar-refractivity contribution >= 4 is 0 Å². The largest absolute Gasteiger partial charge is 0.469 e. The van der Waals surface area contributed by atoms with Gasteiger partial charge < -0.3 is 14.5 Å². The lowest BCUT2D eigenvalue weighted by molar-refractivity contribution is 0.0308. The van der Waals surface area contributed by atoms with Crippen molar-refractivity contribution in [1.82, 2.24) is 5.32 Å². The van der Waals surface area contributed by atoms with Crippen LogP contribution in [0, 0.1) is 5.92 Å². The lowest BCUT2D eigenvalue weighted by atomic mass is 9.91. The van der Waals surface area contributed by atoms with Crippen LogP contribution in [-0.2, 0) is 11.2 Å². The van der Waals surface area contributed by atoms with Crippen molar-refractivity contribution in [2.24, 2.45) is 5.92 Å². The van der Waals surface area contributed by atoms with E-state index in [2.05, 4.69) is 12.2 Å². The smallest absolute Gasteiger partial charge is 0.104 e. The van der Waals surface area contributed by atoms with Crippen LogP contribution in [0.5, 0.6) is 0 Å². The van der Waals surface area contributed by atoms with E-state index in [0.29, 0.717) is 12.0 Å². The molecule has 0 bridgehead atoms. The summed E-state index contributed by atoms with van der Waals surface area (Å²) in [5.74, 6) is 1.61. The summed E-state index contributed by atoms with van der Waals surface area (Å²) in [6, 6.07) is 4.56. The normalized spacial score (nSPS) is 26.7. The fourth-order valence-electron chi connectivity index (χ4n) is 2.22. The van der Waals surface area contributed by atoms with Gasteiger partial charge in [0.15, 0.2) is 0 Å². The SMILES string of the molecule is CCNC1CCOCC1Cc1ccco1. The summed E-state index contributed by atoms with van der Waals surface area (Å²) in [6.07, 6.45) is 3.82. The second-order valence-corrected chi connectivity index (χ2v) is 4.07. The minimum Gasteiger partial charge on any atom is -0.469 e. The second kappa shape index (κ2) is 5.33. The van der Waals surface area contributed by atoms with Crippen LogP contribution >= 0.6 is 0 Å². The van der Waals surface area contributed by atoms with E-state index in [9.17, 15) is 0 Å². The molecule has 1 aliphatic rings. The number of hydrogen-bond donors (Lipinski definition) is 1. The molecule has 0 spiro atoms. The Morgan fingerprint density at radius 2 is 2.47 bits per heavy atom. The highest BCUT2D eigenvalue weighted by atomic mass is 16.5. The Morgan fingerprint density at radius 1 is 1.53 bits per heavy atom. The first-order chi connectivity index (χ1) is 7.40. The molecule has 3 heteroatoms. The first-order valence-corrected chi connectivity index (χ1v) is 5.73. The average molecular weight is 209 g/mol. The van der Waals surface area contributed by atoms with Gasteiger partial charge in [-0.2, -0.15) is 0 Å². The Bertz CT molecular complexity index is 269. The van der Waals surface area contributed by atoms with Gasteiger partial charge in [-0.25, -0.2) is 0 Å². The first kappa shape index (κ1) is 10.7. The van der Waals surface area contributed by atoms with Crippen molar-refractivity contribution in [1.29, 1.82) is 0 Å². The minimum absolute atomic E-state index is 0.546. The Morgan fingerprint density at radius 3 is 3.20 bits per heavy atom. The molecule has 0 aliphatic carbocycles. The van der Waals surface area contributed by atoms with Crippen molar-refractivity contribution in [3.8, 4) is 0 Å². The van der Waals surface area contributed by atoms with Crippen molar-refractivity contribution < 1.29 is 9.15 Å². The van der Waals surface area contributed by atoms with Gasteiger partial charge in [-0.1, -0.05) is 6.92 Å². The van der Waals surface area contributed by atoms with Gasteiger partial charge in [-0.15, -0.1) is 0 Å². The minimum atomic E-state index is 0.546. The zero-order valence-corrected chi connectivity index (χ0v) is 9.24. The van der Waals surface area contributed by atoms with E-state index in [0.717, 1.165) is 38.4 Å². The maximum atomic E-state index is 5.53. The van der Waals surface area contributed by atoms with Crippen LogP contribution in [0.25, 0.3) is 0 Å². The summed E-state index contributed by atoms with van der Waals surface area (Å²) in [5.41, 5.74) is 0. The number of ether oxygens (including phenoxy) is 1. The predicted molar refractivity (Wildman–Crippen MR) is 58.8 cm³/mol. The molecule has 3 nitrogen and oxygen atoms in total. The molecule has 0 saturated carbocycles. The van der Waals surface area contributed by atoms with E-state index in [1.54, 1.807) is 6.26 Å². The molecule has 1 fully saturated rings. The van der Waals surface area contributed by atoms with Gasteiger partial charge in [-0.3, -0.25) is 0 Å². The Labute approximate surface area is 90.8 Å². The van der Waals surface area contributed by atoms with Gasteiger partial charge in [0.05, 0.1) is 12.9 Å². The molecule has 0 amide bonds. The van der Waals surface area contributed by atoms with Gasteiger partial charge in [0, 0.05) is 25.0 Å². The van der Waals surface area contributed by atoms with Crippen LogP contribution in [0.4, 0.5) is 0 Å². The summed E-state index contributed by atoms with van der Waals surface area (Å²) in [7, 11) is 0. The number of rotatable bonds is 4. The summed E-state index contributed by atoms with van der Waals surface area (Å²) >= 11 is 0. The summed E-state index contributed by atoms with van der Waals surface area (Å²) in [4.78, 5) is 0. The predicted octanol–water partition coefficient (Wildman–Crippen LogP) is 1.84.